The van der Waals surface area contributed by atoms with Crippen LogP contribution in [0.2, 0.25) is 0 Å². The van der Waals surface area contributed by atoms with Crippen LogP contribution >= 0.6 is 11.3 Å². The highest BCUT2D eigenvalue weighted by Crippen LogP contribution is 2.29. The molecule has 20 heavy (non-hydrogen) atoms. The molecule has 1 aromatic heterocycles. The third kappa shape index (κ3) is 3.12. The van der Waals surface area contributed by atoms with E-state index >= 15 is 0 Å². The summed E-state index contributed by atoms with van der Waals surface area (Å²) in [5.74, 6) is 0.214. The number of urea groups is 1. The minimum Gasteiger partial charge on any atom is -0.508 e. The van der Waals surface area contributed by atoms with Crippen molar-refractivity contribution in [1.82, 2.24) is 10.4 Å². The molecule has 0 atom stereocenters. The van der Waals surface area contributed by atoms with Gasteiger partial charge in [0.2, 0.25) is 0 Å². The topological polar surface area (TPSA) is 101 Å². The minimum atomic E-state index is -0.703. The summed E-state index contributed by atoms with van der Waals surface area (Å²) in [6.07, 6.45) is 0. The van der Waals surface area contributed by atoms with Crippen LogP contribution in [0.3, 0.4) is 0 Å². The van der Waals surface area contributed by atoms with Crippen molar-refractivity contribution in [3.05, 3.63) is 34.8 Å². The molecule has 0 saturated carbocycles. The van der Waals surface area contributed by atoms with Gasteiger partial charge in [0, 0.05) is 5.56 Å². The highest BCUT2D eigenvalue weighted by molar-refractivity contribution is 7.17. The number of phenolic OH excluding ortho intramolecular Hbond substituents is 1. The monoisotopic (exact) mass is 290 g/mol. The Kier molecular flexibility index (Phi) is 3.99. The van der Waals surface area contributed by atoms with Gasteiger partial charge in [-0.2, -0.15) is 5.10 Å². The maximum atomic E-state index is 10.6. The van der Waals surface area contributed by atoms with E-state index in [0.717, 1.165) is 21.1 Å². The van der Waals surface area contributed by atoms with E-state index in [1.807, 2.05) is 6.92 Å². The number of hydrazone groups is 1. The standard InChI is InChI=1S/C13H14N4O2S/c1-7-11(8(2)16-17-13(14)19)20-12(15-7)9-3-5-10(18)6-4-9/h3-6,18H,1-2H3,(H3,14,17,19)/b16-8+. The Labute approximate surface area is 120 Å². The molecule has 0 aliphatic rings. The predicted octanol–water partition coefficient (Wildman–Crippen LogP) is 2.22. The molecule has 0 aliphatic heterocycles. The maximum Gasteiger partial charge on any atom is 0.332 e. The Morgan fingerprint density at radius 1 is 1.40 bits per heavy atom. The highest BCUT2D eigenvalue weighted by atomic mass is 32.1. The van der Waals surface area contributed by atoms with Gasteiger partial charge in [-0.05, 0) is 38.1 Å². The molecule has 0 radical (unpaired) electrons. The zero-order chi connectivity index (χ0) is 14.7. The van der Waals surface area contributed by atoms with Crippen molar-refractivity contribution in [1.29, 1.82) is 0 Å². The largest absolute Gasteiger partial charge is 0.508 e. The molecular weight excluding hydrogens is 276 g/mol. The summed E-state index contributed by atoms with van der Waals surface area (Å²) in [7, 11) is 0. The van der Waals surface area contributed by atoms with Crippen molar-refractivity contribution >= 4 is 23.1 Å². The van der Waals surface area contributed by atoms with E-state index in [1.54, 1.807) is 31.2 Å². The number of hydrogen-bond acceptors (Lipinski definition) is 5. The van der Waals surface area contributed by atoms with Crippen LogP contribution in [-0.2, 0) is 0 Å². The summed E-state index contributed by atoms with van der Waals surface area (Å²) in [5, 5.41) is 14.0. The lowest BCUT2D eigenvalue weighted by molar-refractivity contribution is 0.249. The second-order valence-electron chi connectivity index (χ2n) is 4.15. The number of amides is 2. The fourth-order valence-corrected chi connectivity index (χ4v) is 2.67. The van der Waals surface area contributed by atoms with Gasteiger partial charge in [0.05, 0.1) is 16.3 Å². The van der Waals surface area contributed by atoms with Gasteiger partial charge in [0.25, 0.3) is 0 Å². The molecule has 0 aliphatic carbocycles. The average Bonchev–Trinajstić information content (AvgIpc) is 2.79. The zero-order valence-electron chi connectivity index (χ0n) is 11.0. The molecule has 104 valence electrons. The number of phenols is 1. The van der Waals surface area contributed by atoms with Crippen LogP contribution in [0.25, 0.3) is 10.6 Å². The summed E-state index contributed by atoms with van der Waals surface area (Å²) in [6, 6.07) is 6.12. The molecule has 0 bridgehead atoms. The number of rotatable bonds is 3. The number of thiazole rings is 1. The van der Waals surface area contributed by atoms with Crippen LogP contribution in [0.5, 0.6) is 5.75 Å². The van der Waals surface area contributed by atoms with Crippen molar-refractivity contribution in [2.24, 2.45) is 10.8 Å². The summed E-state index contributed by atoms with van der Waals surface area (Å²) in [5.41, 5.74) is 9.56. The molecule has 1 heterocycles. The molecular formula is C13H14N4O2S. The molecule has 7 heteroatoms. The smallest absolute Gasteiger partial charge is 0.332 e. The van der Waals surface area contributed by atoms with Crippen molar-refractivity contribution in [2.75, 3.05) is 0 Å². The third-order valence-electron chi connectivity index (χ3n) is 2.57. The van der Waals surface area contributed by atoms with Crippen molar-refractivity contribution < 1.29 is 9.90 Å². The second-order valence-corrected chi connectivity index (χ2v) is 5.15. The normalized spacial score (nSPS) is 11.4. The molecule has 1 aromatic carbocycles. The molecule has 0 unspecified atom stereocenters. The van der Waals surface area contributed by atoms with Gasteiger partial charge in [-0.15, -0.1) is 11.3 Å². The molecule has 0 spiro atoms. The summed E-state index contributed by atoms with van der Waals surface area (Å²) < 4.78 is 0. The first kappa shape index (κ1) is 14.0. The van der Waals surface area contributed by atoms with E-state index < -0.39 is 6.03 Å². The summed E-state index contributed by atoms with van der Waals surface area (Å²) in [4.78, 5) is 16.0. The molecule has 0 fully saturated rings. The quantitative estimate of drug-likeness (QED) is 0.596. The van der Waals surface area contributed by atoms with Crippen molar-refractivity contribution in [3.63, 3.8) is 0 Å². The zero-order valence-corrected chi connectivity index (χ0v) is 11.9. The Balaban J connectivity index is 2.32. The number of primary amides is 1. The van der Waals surface area contributed by atoms with Crippen LogP contribution in [0.4, 0.5) is 4.79 Å². The van der Waals surface area contributed by atoms with E-state index in [1.165, 1.54) is 11.3 Å². The van der Waals surface area contributed by atoms with Crippen LogP contribution in [-0.4, -0.2) is 21.8 Å². The minimum absolute atomic E-state index is 0.214. The van der Waals surface area contributed by atoms with E-state index in [9.17, 15) is 9.90 Å². The molecule has 2 rings (SSSR count). The molecule has 2 aromatic rings. The number of benzene rings is 1. The first-order valence-corrected chi connectivity index (χ1v) is 6.66. The number of aromatic hydroxyl groups is 1. The molecule has 6 nitrogen and oxygen atoms in total. The van der Waals surface area contributed by atoms with Gasteiger partial charge in [-0.25, -0.2) is 15.2 Å². The van der Waals surface area contributed by atoms with Gasteiger partial charge < -0.3 is 10.8 Å². The lowest BCUT2D eigenvalue weighted by Gasteiger charge is -1.97. The van der Waals surface area contributed by atoms with Gasteiger partial charge in [-0.1, -0.05) is 0 Å². The second kappa shape index (κ2) is 5.70. The number of carbonyl (C=O) groups excluding carboxylic acids is 1. The van der Waals surface area contributed by atoms with Crippen LogP contribution in [0, 0.1) is 6.92 Å². The van der Waals surface area contributed by atoms with E-state index in [-0.39, 0.29) is 5.75 Å². The van der Waals surface area contributed by atoms with E-state index in [2.05, 4.69) is 15.5 Å². The lowest BCUT2D eigenvalue weighted by Crippen LogP contribution is -2.25. The number of hydrogen-bond donors (Lipinski definition) is 3. The Bertz CT molecular complexity index is 662. The summed E-state index contributed by atoms with van der Waals surface area (Å²) >= 11 is 1.46. The van der Waals surface area contributed by atoms with Crippen molar-refractivity contribution in [2.45, 2.75) is 13.8 Å². The first-order chi connectivity index (χ1) is 9.47. The van der Waals surface area contributed by atoms with Gasteiger partial charge in [-0.3, -0.25) is 0 Å². The fraction of sp³-hybridized carbons (Fsp3) is 0.154. The molecule has 2 amide bonds. The molecule has 0 saturated heterocycles. The van der Waals surface area contributed by atoms with Crippen LogP contribution in [0.1, 0.15) is 17.5 Å². The van der Waals surface area contributed by atoms with Gasteiger partial charge in [0.1, 0.15) is 10.8 Å². The summed E-state index contributed by atoms with van der Waals surface area (Å²) in [6.45, 7) is 3.65. The average molecular weight is 290 g/mol. The molecule has 4 N–H and O–H groups in total. The van der Waals surface area contributed by atoms with Gasteiger partial charge >= 0.3 is 6.03 Å². The Morgan fingerprint density at radius 3 is 2.65 bits per heavy atom. The lowest BCUT2D eigenvalue weighted by atomic mass is 10.2. The van der Waals surface area contributed by atoms with Gasteiger partial charge in [0.15, 0.2) is 0 Å². The Morgan fingerprint density at radius 2 is 2.05 bits per heavy atom. The van der Waals surface area contributed by atoms with E-state index in [0.29, 0.717) is 5.71 Å². The predicted molar refractivity (Wildman–Crippen MR) is 78.9 cm³/mol. The highest BCUT2D eigenvalue weighted by Gasteiger charge is 2.12. The van der Waals surface area contributed by atoms with Crippen LogP contribution < -0.4 is 11.2 Å². The SMILES string of the molecule is C/C(=N\NC(N)=O)c1sc(-c2ccc(O)cc2)nc1C. The number of nitrogens with zero attached hydrogens (tertiary/aromatic N) is 2. The Hall–Kier alpha value is -2.41. The maximum absolute atomic E-state index is 10.6. The third-order valence-corrected chi connectivity index (χ3v) is 3.89. The number of aromatic nitrogens is 1. The van der Waals surface area contributed by atoms with Crippen molar-refractivity contribution in [3.8, 4) is 16.3 Å². The number of aryl methyl sites for hydroxylation is 1. The first-order valence-electron chi connectivity index (χ1n) is 5.84. The number of carbonyl (C=O) groups is 1. The van der Waals surface area contributed by atoms with E-state index in [4.69, 9.17) is 5.73 Å². The number of nitrogens with one attached hydrogen (secondary N) is 1. The fourth-order valence-electron chi connectivity index (χ4n) is 1.65. The van der Waals surface area contributed by atoms with Crippen LogP contribution in [0.15, 0.2) is 29.4 Å². The number of nitrogens with two attached hydrogens (primary N) is 1.